The van der Waals surface area contributed by atoms with E-state index in [0.717, 1.165) is 61.0 Å². The summed E-state index contributed by atoms with van der Waals surface area (Å²) in [5.41, 5.74) is 10.1. The number of nitriles is 2. The molecule has 3 aromatic heterocycles. The van der Waals surface area contributed by atoms with Gasteiger partial charge in [0.25, 0.3) is 0 Å². The van der Waals surface area contributed by atoms with Crippen LogP contribution in [0.5, 0.6) is 0 Å². The van der Waals surface area contributed by atoms with Crippen molar-refractivity contribution < 1.29 is 0 Å². The molecule has 10 aromatic rings. The number of fused-ring (bicyclic) bond motifs is 6. The number of nitrogens with zero attached hydrogens (tertiary/aromatic N) is 7. The quantitative estimate of drug-likeness (QED) is 0.181. The number of hydrogen-bond acceptors (Lipinski definition) is 4. The molecule has 246 valence electrons. The highest BCUT2D eigenvalue weighted by Gasteiger charge is 2.23. The van der Waals surface area contributed by atoms with Gasteiger partial charge in [-0.05, 0) is 91.0 Å². The molecule has 10 rings (SSSR count). The third-order valence-electron chi connectivity index (χ3n) is 10.0. The van der Waals surface area contributed by atoms with E-state index in [1.807, 2.05) is 24.3 Å². The zero-order valence-corrected chi connectivity index (χ0v) is 28.2. The van der Waals surface area contributed by atoms with Gasteiger partial charge in [-0.25, -0.2) is 0 Å². The first kappa shape index (κ1) is 30.1. The molecule has 3 heterocycles. The van der Waals surface area contributed by atoms with Crippen LogP contribution in [0.4, 0.5) is 0 Å². The van der Waals surface area contributed by atoms with Crippen LogP contribution in [0.2, 0.25) is 0 Å². The Morgan fingerprint density at radius 2 is 0.830 bits per heavy atom. The van der Waals surface area contributed by atoms with E-state index >= 15 is 0 Å². The summed E-state index contributed by atoms with van der Waals surface area (Å²) < 4.78 is 6.77. The Labute approximate surface area is 304 Å². The minimum atomic E-state index is 0.567. The average molecular weight is 678 g/mol. The Balaban J connectivity index is 1.27. The fourth-order valence-corrected chi connectivity index (χ4v) is 7.70. The maximum Gasteiger partial charge on any atom is 0.168 e. The Hall–Kier alpha value is -7.74. The maximum atomic E-state index is 9.53. The van der Waals surface area contributed by atoms with Crippen LogP contribution in [-0.4, -0.2) is 23.9 Å². The second-order valence-electron chi connectivity index (χ2n) is 13.0. The molecule has 53 heavy (non-hydrogen) atoms. The second kappa shape index (κ2) is 11.9. The van der Waals surface area contributed by atoms with E-state index in [1.54, 1.807) is 24.3 Å². The molecule has 0 spiro atoms. The smallest absolute Gasteiger partial charge is 0.168 e. The van der Waals surface area contributed by atoms with Gasteiger partial charge in [-0.3, -0.25) is 4.57 Å². The Bertz CT molecular complexity index is 3000. The van der Waals surface area contributed by atoms with Crippen molar-refractivity contribution in [2.45, 2.75) is 0 Å². The summed E-state index contributed by atoms with van der Waals surface area (Å²) in [5, 5.41) is 33.2. The number of aromatic nitrogens is 5. The highest BCUT2D eigenvalue weighted by atomic mass is 15.3. The predicted molar refractivity (Wildman–Crippen MR) is 210 cm³/mol. The summed E-state index contributed by atoms with van der Waals surface area (Å²) in [5.74, 6) is 1.27. The van der Waals surface area contributed by atoms with Gasteiger partial charge in [0.15, 0.2) is 11.6 Å². The highest BCUT2D eigenvalue weighted by Crippen LogP contribution is 2.40. The van der Waals surface area contributed by atoms with Crippen molar-refractivity contribution >= 4 is 43.6 Å². The monoisotopic (exact) mass is 677 g/mol. The lowest BCUT2D eigenvalue weighted by molar-refractivity contribution is 1.06. The summed E-state index contributed by atoms with van der Waals surface area (Å²) in [6.45, 7) is 0. The molecule has 0 radical (unpaired) electrons. The van der Waals surface area contributed by atoms with Crippen LogP contribution in [-0.2, 0) is 0 Å². The fourth-order valence-electron chi connectivity index (χ4n) is 7.70. The summed E-state index contributed by atoms with van der Waals surface area (Å²) in [6.07, 6.45) is 0. The summed E-state index contributed by atoms with van der Waals surface area (Å²) in [7, 11) is 0. The van der Waals surface area contributed by atoms with Crippen molar-refractivity contribution in [3.8, 4) is 52.0 Å². The fraction of sp³-hybridized carbons (Fsp3) is 0. The molecule has 0 aliphatic heterocycles. The average Bonchev–Trinajstić information content (AvgIpc) is 3.92. The highest BCUT2D eigenvalue weighted by molar-refractivity contribution is 6.12. The van der Waals surface area contributed by atoms with E-state index in [9.17, 15) is 10.5 Å². The minimum Gasteiger partial charge on any atom is -0.309 e. The van der Waals surface area contributed by atoms with Crippen LogP contribution in [0.1, 0.15) is 11.1 Å². The first-order valence-electron chi connectivity index (χ1n) is 17.3. The molecule has 0 fully saturated rings. The van der Waals surface area contributed by atoms with Crippen molar-refractivity contribution in [3.63, 3.8) is 0 Å². The van der Waals surface area contributed by atoms with E-state index in [2.05, 4.69) is 141 Å². The minimum absolute atomic E-state index is 0.567. The van der Waals surface area contributed by atoms with Gasteiger partial charge in [0.1, 0.15) is 0 Å². The van der Waals surface area contributed by atoms with E-state index in [4.69, 9.17) is 10.2 Å². The third kappa shape index (κ3) is 4.66. The Morgan fingerprint density at radius 1 is 0.396 bits per heavy atom. The van der Waals surface area contributed by atoms with Gasteiger partial charge in [-0.15, -0.1) is 10.2 Å². The summed E-state index contributed by atoms with van der Waals surface area (Å²) >= 11 is 0. The molecular formula is C46H27N7. The van der Waals surface area contributed by atoms with Crippen LogP contribution in [0.25, 0.3) is 83.4 Å². The third-order valence-corrected chi connectivity index (χ3v) is 10.0. The summed E-state index contributed by atoms with van der Waals surface area (Å²) in [4.78, 5) is 0. The SMILES string of the molecule is N#Cc1ccc(-c2nnc(-c3ccc(C#N)cc3)n2-c2cccc3c4ccccc4n(-c4cccc(-n5c6ccccc6c6ccccc65)c4)c23)cc1. The van der Waals surface area contributed by atoms with Gasteiger partial charge >= 0.3 is 0 Å². The molecule has 0 N–H and O–H groups in total. The lowest BCUT2D eigenvalue weighted by atomic mass is 10.1. The molecule has 0 atom stereocenters. The number of rotatable bonds is 5. The molecule has 0 saturated heterocycles. The van der Waals surface area contributed by atoms with Crippen LogP contribution in [0, 0.1) is 22.7 Å². The first-order chi connectivity index (χ1) is 26.2. The normalized spacial score (nSPS) is 11.4. The number of benzene rings is 7. The zero-order valence-electron chi connectivity index (χ0n) is 28.2. The van der Waals surface area contributed by atoms with Crippen LogP contribution >= 0.6 is 0 Å². The standard InChI is InChI=1S/C46H27N7/c47-28-30-19-23-32(24-20-30)45-49-50-46(33-25-21-31(29-48)22-26-33)53(45)43-18-8-14-39-38-13-3-6-17-42(38)52(44(39)43)35-10-7-9-34(27-35)51-40-15-4-1-11-36(40)37-12-2-5-16-41(37)51/h1-27H. The van der Waals surface area contributed by atoms with E-state index in [1.165, 1.54) is 10.8 Å². The first-order valence-corrected chi connectivity index (χ1v) is 17.3. The Kier molecular flexibility index (Phi) is 6.79. The predicted octanol–water partition coefficient (Wildman–Crippen LogP) is 10.5. The van der Waals surface area contributed by atoms with Gasteiger partial charge in [-0.1, -0.05) is 72.8 Å². The van der Waals surface area contributed by atoms with Gasteiger partial charge in [0.05, 0.1) is 51.0 Å². The van der Waals surface area contributed by atoms with Crippen molar-refractivity contribution in [2.24, 2.45) is 0 Å². The molecule has 0 aliphatic rings. The zero-order chi connectivity index (χ0) is 35.5. The van der Waals surface area contributed by atoms with Gasteiger partial charge in [-0.2, -0.15) is 10.5 Å². The van der Waals surface area contributed by atoms with E-state index in [0.29, 0.717) is 22.8 Å². The van der Waals surface area contributed by atoms with Gasteiger partial charge in [0, 0.05) is 44.0 Å². The van der Waals surface area contributed by atoms with Crippen molar-refractivity contribution in [1.29, 1.82) is 10.5 Å². The molecular weight excluding hydrogens is 651 g/mol. The Morgan fingerprint density at radius 3 is 1.36 bits per heavy atom. The number of para-hydroxylation sites is 4. The van der Waals surface area contributed by atoms with Crippen molar-refractivity contribution in [2.75, 3.05) is 0 Å². The van der Waals surface area contributed by atoms with Crippen molar-refractivity contribution in [1.82, 2.24) is 23.9 Å². The topological polar surface area (TPSA) is 88.2 Å². The summed E-state index contributed by atoms with van der Waals surface area (Å²) in [6, 6.07) is 60.0. The van der Waals surface area contributed by atoms with E-state index < -0.39 is 0 Å². The van der Waals surface area contributed by atoms with Crippen LogP contribution < -0.4 is 0 Å². The second-order valence-corrected chi connectivity index (χ2v) is 13.0. The van der Waals surface area contributed by atoms with E-state index in [-0.39, 0.29) is 0 Å². The molecule has 7 aromatic carbocycles. The lowest BCUT2D eigenvalue weighted by Gasteiger charge is -2.17. The molecule has 0 aliphatic carbocycles. The largest absolute Gasteiger partial charge is 0.309 e. The molecule has 7 heteroatoms. The molecule has 0 saturated carbocycles. The van der Waals surface area contributed by atoms with Crippen LogP contribution in [0.3, 0.4) is 0 Å². The molecule has 0 amide bonds. The van der Waals surface area contributed by atoms with Crippen molar-refractivity contribution in [3.05, 3.63) is 175 Å². The van der Waals surface area contributed by atoms with Gasteiger partial charge in [0.2, 0.25) is 0 Å². The lowest BCUT2D eigenvalue weighted by Crippen LogP contribution is -2.05. The van der Waals surface area contributed by atoms with Gasteiger partial charge < -0.3 is 9.13 Å². The van der Waals surface area contributed by atoms with Crippen LogP contribution in [0.15, 0.2) is 164 Å². The number of hydrogen-bond donors (Lipinski definition) is 0. The molecule has 0 bridgehead atoms. The molecule has 7 nitrogen and oxygen atoms in total. The molecule has 0 unspecified atom stereocenters. The maximum absolute atomic E-state index is 9.53.